The molecule has 0 radical (unpaired) electrons. The van der Waals surface area contributed by atoms with Gasteiger partial charge in [0.1, 0.15) is 0 Å². The van der Waals surface area contributed by atoms with Gasteiger partial charge >= 0.3 is 0 Å². The van der Waals surface area contributed by atoms with Crippen molar-refractivity contribution in [1.29, 1.82) is 0 Å². The highest BCUT2D eigenvalue weighted by atomic mass is 16.2. The number of aromatic nitrogens is 2. The van der Waals surface area contributed by atoms with Crippen LogP contribution >= 0.6 is 0 Å². The largest absolute Gasteiger partial charge is 0.336 e. The molecule has 0 atom stereocenters. The predicted octanol–water partition coefficient (Wildman–Crippen LogP) is 1.88. The smallest absolute Gasteiger partial charge is 0.256 e. The minimum absolute atomic E-state index is 0.0268. The zero-order valence-corrected chi connectivity index (χ0v) is 14.4. The summed E-state index contributed by atoms with van der Waals surface area (Å²) in [5.41, 5.74) is 1.62. The molecule has 1 fully saturated rings. The first-order valence-corrected chi connectivity index (χ1v) is 8.73. The Labute approximate surface area is 151 Å². The number of hydrogen-bond donors (Lipinski definition) is 1. The minimum Gasteiger partial charge on any atom is -0.336 e. The van der Waals surface area contributed by atoms with E-state index in [1.54, 1.807) is 18.5 Å². The third kappa shape index (κ3) is 3.23. The van der Waals surface area contributed by atoms with Crippen molar-refractivity contribution < 1.29 is 4.79 Å². The number of benzene rings is 1. The normalized spacial score (nSPS) is 15.3. The number of hydrogen-bond acceptors (Lipinski definition) is 4. The maximum Gasteiger partial charge on any atom is 0.256 e. The van der Waals surface area contributed by atoms with Gasteiger partial charge in [0.25, 0.3) is 11.5 Å². The number of fused-ring (bicyclic) bond motifs is 1. The number of H-pyrrole nitrogens is 1. The summed E-state index contributed by atoms with van der Waals surface area (Å²) < 4.78 is 0. The summed E-state index contributed by atoms with van der Waals surface area (Å²) in [6, 6.07) is 11.3. The van der Waals surface area contributed by atoms with Gasteiger partial charge in [-0.15, -0.1) is 0 Å². The third-order valence-electron chi connectivity index (χ3n) is 4.85. The zero-order valence-electron chi connectivity index (χ0n) is 14.4. The number of aromatic amines is 1. The fourth-order valence-electron chi connectivity index (χ4n) is 3.41. The quantitative estimate of drug-likeness (QED) is 0.785. The molecule has 132 valence electrons. The molecule has 0 saturated carbocycles. The lowest BCUT2D eigenvalue weighted by atomic mass is 10.1. The Kier molecular flexibility index (Phi) is 4.50. The van der Waals surface area contributed by atoms with Gasteiger partial charge in [-0.25, -0.2) is 0 Å². The SMILES string of the molecule is O=C(c1c[nH]c(=O)c2ccccc12)N1CCN(Cc2ccncc2)CC1. The van der Waals surface area contributed by atoms with E-state index < -0.39 is 0 Å². The van der Waals surface area contributed by atoms with Gasteiger partial charge < -0.3 is 9.88 Å². The molecule has 0 aliphatic carbocycles. The van der Waals surface area contributed by atoms with Crippen molar-refractivity contribution in [2.75, 3.05) is 26.2 Å². The molecule has 1 amide bonds. The van der Waals surface area contributed by atoms with Crippen molar-refractivity contribution in [3.63, 3.8) is 0 Å². The lowest BCUT2D eigenvalue weighted by molar-refractivity contribution is 0.0630. The Balaban J connectivity index is 1.47. The minimum atomic E-state index is -0.167. The topological polar surface area (TPSA) is 69.3 Å². The molecule has 6 heteroatoms. The molecule has 1 aromatic carbocycles. The van der Waals surface area contributed by atoms with Crippen LogP contribution in [0.2, 0.25) is 0 Å². The second kappa shape index (κ2) is 7.09. The molecular weight excluding hydrogens is 328 g/mol. The summed E-state index contributed by atoms with van der Waals surface area (Å²) in [6.45, 7) is 3.88. The van der Waals surface area contributed by atoms with Gasteiger partial charge in [-0.3, -0.25) is 19.5 Å². The molecule has 3 heterocycles. The predicted molar refractivity (Wildman–Crippen MR) is 100.0 cm³/mol. The van der Waals surface area contributed by atoms with Crippen molar-refractivity contribution in [2.24, 2.45) is 0 Å². The van der Waals surface area contributed by atoms with Crippen LogP contribution in [-0.4, -0.2) is 51.9 Å². The van der Waals surface area contributed by atoms with E-state index in [1.807, 2.05) is 35.2 Å². The highest BCUT2D eigenvalue weighted by Gasteiger charge is 2.23. The van der Waals surface area contributed by atoms with Crippen LogP contribution in [0, 0.1) is 0 Å². The van der Waals surface area contributed by atoms with Crippen LogP contribution < -0.4 is 5.56 Å². The zero-order chi connectivity index (χ0) is 17.9. The number of nitrogens with one attached hydrogen (secondary N) is 1. The lowest BCUT2D eigenvalue weighted by Gasteiger charge is -2.34. The lowest BCUT2D eigenvalue weighted by Crippen LogP contribution is -2.48. The molecule has 26 heavy (non-hydrogen) atoms. The molecule has 6 nitrogen and oxygen atoms in total. The molecule has 2 aromatic heterocycles. The summed E-state index contributed by atoms with van der Waals surface area (Å²) in [5.74, 6) is -0.0268. The van der Waals surface area contributed by atoms with Crippen molar-refractivity contribution in [3.8, 4) is 0 Å². The van der Waals surface area contributed by atoms with Crippen LogP contribution in [-0.2, 0) is 6.54 Å². The maximum absolute atomic E-state index is 13.0. The number of nitrogens with zero attached hydrogens (tertiary/aromatic N) is 3. The number of pyridine rings is 2. The van der Waals surface area contributed by atoms with Crippen LogP contribution in [0.5, 0.6) is 0 Å². The van der Waals surface area contributed by atoms with Crippen LogP contribution in [0.4, 0.5) is 0 Å². The number of carbonyl (C=O) groups is 1. The van der Waals surface area contributed by atoms with E-state index in [0.717, 1.165) is 19.6 Å². The first-order chi connectivity index (χ1) is 12.7. The second-order valence-electron chi connectivity index (χ2n) is 6.50. The third-order valence-corrected chi connectivity index (χ3v) is 4.85. The summed E-state index contributed by atoms with van der Waals surface area (Å²) in [7, 11) is 0. The number of rotatable bonds is 3. The molecule has 0 bridgehead atoms. The Morgan fingerprint density at radius 3 is 2.42 bits per heavy atom. The van der Waals surface area contributed by atoms with Crippen LogP contribution in [0.25, 0.3) is 10.8 Å². The van der Waals surface area contributed by atoms with Crippen molar-refractivity contribution >= 4 is 16.7 Å². The van der Waals surface area contributed by atoms with E-state index in [2.05, 4.69) is 14.9 Å². The van der Waals surface area contributed by atoms with Crippen molar-refractivity contribution in [2.45, 2.75) is 6.54 Å². The average molecular weight is 348 g/mol. The van der Waals surface area contributed by atoms with Crippen molar-refractivity contribution in [1.82, 2.24) is 19.8 Å². The summed E-state index contributed by atoms with van der Waals surface area (Å²) in [6.07, 6.45) is 5.14. The van der Waals surface area contributed by atoms with E-state index in [4.69, 9.17) is 0 Å². The second-order valence-corrected chi connectivity index (χ2v) is 6.50. The van der Waals surface area contributed by atoms with Gasteiger partial charge in [-0.2, -0.15) is 0 Å². The Hall–Kier alpha value is -2.99. The van der Waals surface area contributed by atoms with Gasteiger partial charge in [0.15, 0.2) is 0 Å². The number of piperazine rings is 1. The van der Waals surface area contributed by atoms with E-state index in [1.165, 1.54) is 11.8 Å². The first kappa shape index (κ1) is 16.5. The summed E-state index contributed by atoms with van der Waals surface area (Å²) >= 11 is 0. The van der Waals surface area contributed by atoms with Gasteiger partial charge in [-0.1, -0.05) is 18.2 Å². The fourth-order valence-corrected chi connectivity index (χ4v) is 3.41. The Morgan fingerprint density at radius 2 is 1.69 bits per heavy atom. The molecule has 1 saturated heterocycles. The molecule has 0 spiro atoms. The Morgan fingerprint density at radius 1 is 1.00 bits per heavy atom. The standard InChI is InChI=1S/C20H20N4O2/c25-19-17-4-2-1-3-16(17)18(13-22-19)20(26)24-11-9-23(10-12-24)14-15-5-7-21-8-6-15/h1-8,13H,9-12,14H2,(H,22,25). The van der Waals surface area contributed by atoms with Gasteiger partial charge in [0.2, 0.25) is 0 Å². The van der Waals surface area contributed by atoms with E-state index in [0.29, 0.717) is 29.4 Å². The average Bonchev–Trinajstić information content (AvgIpc) is 2.69. The maximum atomic E-state index is 13.0. The summed E-state index contributed by atoms with van der Waals surface area (Å²) in [4.78, 5) is 35.9. The van der Waals surface area contributed by atoms with E-state index in [-0.39, 0.29) is 11.5 Å². The van der Waals surface area contributed by atoms with E-state index >= 15 is 0 Å². The molecule has 3 aromatic rings. The fraction of sp³-hybridized carbons (Fsp3) is 0.250. The van der Waals surface area contributed by atoms with Crippen LogP contribution in [0.1, 0.15) is 15.9 Å². The van der Waals surface area contributed by atoms with Gasteiger partial charge in [0, 0.05) is 62.1 Å². The monoisotopic (exact) mass is 348 g/mol. The molecule has 1 N–H and O–H groups in total. The van der Waals surface area contributed by atoms with Gasteiger partial charge in [-0.05, 0) is 23.8 Å². The summed E-state index contributed by atoms with van der Waals surface area (Å²) in [5, 5.41) is 1.26. The highest BCUT2D eigenvalue weighted by Crippen LogP contribution is 2.17. The number of carbonyl (C=O) groups excluding carboxylic acids is 1. The molecule has 1 aliphatic heterocycles. The van der Waals surface area contributed by atoms with Crippen molar-refractivity contribution in [3.05, 3.63) is 76.5 Å². The highest BCUT2D eigenvalue weighted by molar-refractivity contribution is 6.06. The van der Waals surface area contributed by atoms with E-state index in [9.17, 15) is 9.59 Å². The number of amides is 1. The Bertz CT molecular complexity index is 976. The molecule has 1 aliphatic rings. The van der Waals surface area contributed by atoms with Gasteiger partial charge in [0.05, 0.1) is 5.56 Å². The molecule has 0 unspecified atom stereocenters. The van der Waals surface area contributed by atoms with Crippen LogP contribution in [0.3, 0.4) is 0 Å². The molecular formula is C20H20N4O2. The first-order valence-electron chi connectivity index (χ1n) is 8.73. The molecule has 4 rings (SSSR count). The van der Waals surface area contributed by atoms with Crippen LogP contribution in [0.15, 0.2) is 59.8 Å².